The van der Waals surface area contributed by atoms with Crippen LogP contribution in [-0.2, 0) is 15.1 Å². The van der Waals surface area contributed by atoms with Gasteiger partial charge in [0.2, 0.25) is 0 Å². The maximum atomic E-state index is 5.92. The van der Waals surface area contributed by atoms with Crippen molar-refractivity contribution in [2.75, 3.05) is 0 Å². The third-order valence-corrected chi connectivity index (χ3v) is 3.71. The molecule has 3 unspecified atom stereocenters. The largest absolute Gasteiger partial charge is 0.488 e. The predicted octanol–water partition coefficient (Wildman–Crippen LogP) is 2.99. The van der Waals surface area contributed by atoms with Crippen LogP contribution in [0, 0.1) is 0 Å². The van der Waals surface area contributed by atoms with E-state index in [0.29, 0.717) is 6.10 Å². The Morgan fingerprint density at radius 1 is 1.31 bits per heavy atom. The number of fused-ring (bicyclic) bond motifs is 2. The molecule has 0 N–H and O–H groups in total. The second kappa shape index (κ2) is 3.63. The molecule has 3 atom stereocenters. The SMILES string of the molecule is C=COC1(c2ccccc2)CC2CCC1O2. The molecule has 3 rings (SSSR count). The molecule has 16 heavy (non-hydrogen) atoms. The van der Waals surface area contributed by atoms with Crippen LogP contribution in [0.4, 0.5) is 0 Å². The van der Waals surface area contributed by atoms with Gasteiger partial charge in [-0.1, -0.05) is 36.9 Å². The van der Waals surface area contributed by atoms with Crippen molar-refractivity contribution in [2.45, 2.75) is 37.1 Å². The van der Waals surface area contributed by atoms with E-state index < -0.39 is 0 Å². The van der Waals surface area contributed by atoms with Crippen molar-refractivity contribution in [1.29, 1.82) is 0 Å². The molecule has 2 aliphatic heterocycles. The van der Waals surface area contributed by atoms with Gasteiger partial charge in [-0.15, -0.1) is 0 Å². The van der Waals surface area contributed by atoms with Gasteiger partial charge in [0, 0.05) is 6.42 Å². The van der Waals surface area contributed by atoms with Crippen LogP contribution in [0.2, 0.25) is 0 Å². The van der Waals surface area contributed by atoms with Gasteiger partial charge in [-0.2, -0.15) is 0 Å². The van der Waals surface area contributed by atoms with Crippen LogP contribution in [0.25, 0.3) is 0 Å². The van der Waals surface area contributed by atoms with E-state index in [1.54, 1.807) is 6.26 Å². The number of ether oxygens (including phenoxy) is 2. The van der Waals surface area contributed by atoms with Crippen LogP contribution < -0.4 is 0 Å². The summed E-state index contributed by atoms with van der Waals surface area (Å²) in [6.07, 6.45) is 5.32. The average Bonchev–Trinajstić information content (AvgIpc) is 2.91. The van der Waals surface area contributed by atoms with Gasteiger partial charge < -0.3 is 9.47 Å². The summed E-state index contributed by atoms with van der Waals surface area (Å²) < 4.78 is 11.8. The smallest absolute Gasteiger partial charge is 0.161 e. The Balaban J connectivity index is 2.01. The van der Waals surface area contributed by atoms with Gasteiger partial charge in [-0.25, -0.2) is 0 Å². The van der Waals surface area contributed by atoms with Crippen molar-refractivity contribution in [1.82, 2.24) is 0 Å². The zero-order valence-electron chi connectivity index (χ0n) is 9.26. The first kappa shape index (κ1) is 9.91. The van der Waals surface area contributed by atoms with Gasteiger partial charge in [-0.05, 0) is 18.4 Å². The summed E-state index contributed by atoms with van der Waals surface area (Å²) in [5.74, 6) is 0. The van der Waals surface area contributed by atoms with Crippen LogP contribution >= 0.6 is 0 Å². The molecule has 2 bridgehead atoms. The molecular formula is C14H16O2. The monoisotopic (exact) mass is 216 g/mol. The summed E-state index contributed by atoms with van der Waals surface area (Å²) in [6.45, 7) is 3.70. The van der Waals surface area contributed by atoms with Crippen molar-refractivity contribution in [3.8, 4) is 0 Å². The van der Waals surface area contributed by atoms with Gasteiger partial charge in [-0.3, -0.25) is 0 Å². The van der Waals surface area contributed by atoms with Crippen molar-refractivity contribution < 1.29 is 9.47 Å². The Bertz CT molecular complexity index is 387. The minimum atomic E-state index is -0.286. The van der Waals surface area contributed by atoms with Crippen LogP contribution in [0.3, 0.4) is 0 Å². The zero-order valence-corrected chi connectivity index (χ0v) is 9.26. The topological polar surface area (TPSA) is 18.5 Å². The predicted molar refractivity (Wildman–Crippen MR) is 61.9 cm³/mol. The lowest BCUT2D eigenvalue weighted by molar-refractivity contribution is -0.0440. The Morgan fingerprint density at radius 3 is 2.69 bits per heavy atom. The summed E-state index contributed by atoms with van der Waals surface area (Å²) in [6, 6.07) is 10.4. The second-order valence-electron chi connectivity index (χ2n) is 4.57. The molecule has 0 aromatic heterocycles. The maximum Gasteiger partial charge on any atom is 0.161 e. The highest BCUT2D eigenvalue weighted by Gasteiger charge is 2.54. The van der Waals surface area contributed by atoms with Gasteiger partial charge in [0.15, 0.2) is 5.60 Å². The Hall–Kier alpha value is -1.28. The van der Waals surface area contributed by atoms with E-state index in [4.69, 9.17) is 9.47 Å². The highest BCUT2D eigenvalue weighted by atomic mass is 16.6. The molecule has 2 heterocycles. The van der Waals surface area contributed by atoms with Crippen molar-refractivity contribution >= 4 is 0 Å². The normalized spacial score (nSPS) is 36.2. The zero-order chi connectivity index (χ0) is 11.0. The number of benzene rings is 1. The molecule has 0 spiro atoms. The highest BCUT2D eigenvalue weighted by Crippen LogP contribution is 2.50. The Kier molecular flexibility index (Phi) is 2.25. The second-order valence-corrected chi connectivity index (χ2v) is 4.57. The van der Waals surface area contributed by atoms with Crippen LogP contribution in [-0.4, -0.2) is 12.2 Å². The third-order valence-electron chi connectivity index (χ3n) is 3.71. The summed E-state index contributed by atoms with van der Waals surface area (Å²) in [5, 5.41) is 0. The van der Waals surface area contributed by atoms with E-state index in [0.717, 1.165) is 12.8 Å². The molecule has 0 aliphatic carbocycles. The van der Waals surface area contributed by atoms with E-state index in [-0.39, 0.29) is 11.7 Å². The third kappa shape index (κ3) is 1.30. The molecule has 1 aromatic carbocycles. The van der Waals surface area contributed by atoms with E-state index in [1.807, 2.05) is 6.07 Å². The lowest BCUT2D eigenvalue weighted by Gasteiger charge is -2.34. The molecule has 0 amide bonds. The van der Waals surface area contributed by atoms with Crippen molar-refractivity contribution in [3.63, 3.8) is 0 Å². The fraction of sp³-hybridized carbons (Fsp3) is 0.429. The summed E-state index contributed by atoms with van der Waals surface area (Å²) in [7, 11) is 0. The van der Waals surface area contributed by atoms with Gasteiger partial charge in [0.1, 0.15) is 6.10 Å². The van der Waals surface area contributed by atoms with Crippen molar-refractivity contribution in [2.24, 2.45) is 0 Å². The minimum Gasteiger partial charge on any atom is -0.488 e. The van der Waals surface area contributed by atoms with Crippen LogP contribution in [0.15, 0.2) is 43.2 Å². The van der Waals surface area contributed by atoms with Crippen LogP contribution in [0.1, 0.15) is 24.8 Å². The fourth-order valence-corrected chi connectivity index (χ4v) is 3.03. The first-order chi connectivity index (χ1) is 7.85. The lowest BCUT2D eigenvalue weighted by atomic mass is 9.79. The van der Waals surface area contributed by atoms with Gasteiger partial charge in [0.25, 0.3) is 0 Å². The first-order valence-corrected chi connectivity index (χ1v) is 5.85. The summed E-state index contributed by atoms with van der Waals surface area (Å²) in [4.78, 5) is 0. The molecule has 2 aliphatic rings. The molecule has 84 valence electrons. The standard InChI is InChI=1S/C14H16O2/c1-2-15-14(11-6-4-3-5-7-11)10-12-8-9-13(14)16-12/h2-7,12-13H,1,8-10H2. The summed E-state index contributed by atoms with van der Waals surface area (Å²) >= 11 is 0. The number of rotatable bonds is 3. The highest BCUT2D eigenvalue weighted by molar-refractivity contribution is 5.27. The maximum absolute atomic E-state index is 5.92. The fourth-order valence-electron chi connectivity index (χ4n) is 3.03. The van der Waals surface area contributed by atoms with Crippen molar-refractivity contribution in [3.05, 3.63) is 48.7 Å². The van der Waals surface area contributed by atoms with E-state index in [2.05, 4.69) is 30.8 Å². The van der Waals surface area contributed by atoms with E-state index >= 15 is 0 Å². The van der Waals surface area contributed by atoms with Gasteiger partial charge >= 0.3 is 0 Å². The molecule has 2 nitrogen and oxygen atoms in total. The quantitative estimate of drug-likeness (QED) is 0.723. The molecule has 2 heteroatoms. The minimum absolute atomic E-state index is 0.192. The lowest BCUT2D eigenvalue weighted by Crippen LogP contribution is -2.38. The number of hydrogen-bond donors (Lipinski definition) is 0. The van der Waals surface area contributed by atoms with E-state index in [1.165, 1.54) is 12.0 Å². The molecular weight excluding hydrogens is 200 g/mol. The van der Waals surface area contributed by atoms with Gasteiger partial charge in [0.05, 0.1) is 12.4 Å². The molecule has 1 aromatic rings. The number of hydrogen-bond acceptors (Lipinski definition) is 2. The Labute approximate surface area is 95.9 Å². The molecule has 2 fully saturated rings. The van der Waals surface area contributed by atoms with E-state index in [9.17, 15) is 0 Å². The Morgan fingerprint density at radius 2 is 2.12 bits per heavy atom. The average molecular weight is 216 g/mol. The molecule has 2 saturated heterocycles. The van der Waals surface area contributed by atoms with Crippen LogP contribution in [0.5, 0.6) is 0 Å². The molecule has 0 radical (unpaired) electrons. The first-order valence-electron chi connectivity index (χ1n) is 5.85. The summed E-state index contributed by atoms with van der Waals surface area (Å²) in [5.41, 5.74) is 0.924. The molecule has 0 saturated carbocycles.